The Morgan fingerprint density at radius 1 is 0.752 bits per heavy atom. The van der Waals surface area contributed by atoms with Crippen LogP contribution in [-0.2, 0) is 117 Å². The zero-order valence-electron chi connectivity index (χ0n) is 60.3. The normalized spacial score (nSPS) is 18.2. The number of amides is 4. The van der Waals surface area contributed by atoms with Gasteiger partial charge in [0.05, 0.1) is 170 Å². The molecule has 4 rings (SSSR count). The van der Waals surface area contributed by atoms with E-state index in [-0.39, 0.29) is 145 Å². The largest absolute Gasteiger partial charge is 1.00 e. The number of thioether (sulfide) groups is 1. The summed E-state index contributed by atoms with van der Waals surface area (Å²) in [6.45, 7) is 13.5. The van der Waals surface area contributed by atoms with Gasteiger partial charge in [-0.15, -0.1) is 11.8 Å². The van der Waals surface area contributed by atoms with Crippen molar-refractivity contribution in [2.75, 3.05) is 210 Å². The average molecular weight is 1610 g/mol. The number of Topliss-reactive ketones (excluding diaryl/α,β-unsaturated/α-hetero) is 1. The minimum absolute atomic E-state index is 0. The van der Waals surface area contributed by atoms with Crippen LogP contribution in [-0.4, -0.2) is 308 Å². The second-order valence-electron chi connectivity index (χ2n) is 22.5. The van der Waals surface area contributed by atoms with E-state index in [0.717, 1.165) is 35.1 Å². The molecular formula is C57H100N11Na2O31P3S. The van der Waals surface area contributed by atoms with Crippen molar-refractivity contribution < 1.29 is 206 Å². The summed E-state index contributed by atoms with van der Waals surface area (Å²) < 4.78 is 125. The number of carbonyl (C=O) groups excluding carboxylic acids is 5. The van der Waals surface area contributed by atoms with Crippen molar-refractivity contribution in [1.82, 2.24) is 35.1 Å². The number of nitrogens with zero attached hydrogens (tertiary/aromatic N) is 8. The van der Waals surface area contributed by atoms with Crippen molar-refractivity contribution in [2.24, 2.45) is 10.5 Å². The van der Waals surface area contributed by atoms with E-state index in [1.54, 1.807) is 7.11 Å². The minimum atomic E-state index is -5.93. The molecule has 2 aliphatic heterocycles. The first-order valence-corrected chi connectivity index (χ1v) is 38.4. The molecule has 4 heterocycles. The molecule has 0 spiro atoms. The number of anilines is 1. The summed E-state index contributed by atoms with van der Waals surface area (Å²) in [6, 6.07) is 0. The fraction of sp³-hybridized carbons (Fsp3) is 0.825. The van der Waals surface area contributed by atoms with Crippen molar-refractivity contribution in [3.05, 3.63) is 23.1 Å². The number of methoxy groups -OCH3 is 1. The Bertz CT molecular complexity index is 2960. The number of nitrogen functional groups attached to an aromatic ring is 1. The van der Waals surface area contributed by atoms with Crippen molar-refractivity contribution in [1.29, 1.82) is 0 Å². The van der Waals surface area contributed by atoms with Gasteiger partial charge in [-0.2, -0.15) is 0 Å². The van der Waals surface area contributed by atoms with Crippen molar-refractivity contribution in [2.45, 2.75) is 95.2 Å². The Hall–Kier alpha value is -2.47. The predicted octanol–water partition coefficient (Wildman–Crippen LogP) is -6.72. The first kappa shape index (κ1) is 101. The van der Waals surface area contributed by atoms with Crippen LogP contribution in [0.5, 0.6) is 0 Å². The number of imide groups is 1. The van der Waals surface area contributed by atoms with E-state index < -0.39 is 95.7 Å². The molecule has 592 valence electrons. The number of phosphoric ester groups is 3. The molecule has 4 amide bonds. The van der Waals surface area contributed by atoms with Crippen LogP contribution in [0.25, 0.3) is 21.6 Å². The SMILES string of the molecule is CCCOCCOCCOCCOCCOCCOCCN=[N+]=[N-].COCCOCCOCCOCCOCCOCCC(=O)CCCN1C(=O)CC(SCCNC(=O)CCNC(=O)[C@H](O)C(C)(C)COP(=O)([O-])OP(=O)([O-])OC[C@H]2O[C@@H](n3cnc4c(N)ncnc43)[C@@H](O)C2OP(=O)(O)O)C1=O.[Na+].[Na+]. The van der Waals surface area contributed by atoms with Gasteiger partial charge in [-0.3, -0.25) is 47.1 Å². The summed E-state index contributed by atoms with van der Waals surface area (Å²) in [5.74, 6) is -2.23. The molecule has 0 bridgehead atoms. The number of ketones is 1. The zero-order valence-corrected chi connectivity index (χ0v) is 67.8. The number of phosphoric acid groups is 3. The monoisotopic (exact) mass is 1610 g/mol. The third kappa shape index (κ3) is 45.0. The van der Waals surface area contributed by atoms with Crippen LogP contribution >= 0.6 is 35.2 Å². The maximum absolute atomic E-state index is 12.9. The quantitative estimate of drug-likeness (QED) is 0.00616. The number of nitrogens with one attached hydrogen (secondary N) is 2. The molecule has 8 N–H and O–H groups in total. The maximum Gasteiger partial charge on any atom is 1.00 e. The summed E-state index contributed by atoms with van der Waals surface area (Å²) in [5.41, 5.74) is 12.1. The van der Waals surface area contributed by atoms with Crippen LogP contribution < -0.4 is 85.3 Å². The van der Waals surface area contributed by atoms with Crippen LogP contribution in [0, 0.1) is 5.41 Å². The number of aromatic nitrogens is 4. The first-order valence-electron chi connectivity index (χ1n) is 32.9. The molecule has 2 saturated heterocycles. The Balaban J connectivity index is 0.00000180. The van der Waals surface area contributed by atoms with Gasteiger partial charge in [0.2, 0.25) is 23.6 Å². The molecule has 42 nitrogen and oxygen atoms in total. The molecule has 0 aromatic carbocycles. The number of ether oxygens (including phenoxy) is 13. The molecule has 4 unspecified atom stereocenters. The number of fused-ring (bicyclic) bond motifs is 1. The van der Waals surface area contributed by atoms with Gasteiger partial charge in [-0.1, -0.05) is 25.9 Å². The first-order chi connectivity index (χ1) is 49.3. The van der Waals surface area contributed by atoms with Crippen molar-refractivity contribution in [3.63, 3.8) is 0 Å². The average Bonchev–Trinajstić information content (AvgIpc) is 1.62. The van der Waals surface area contributed by atoms with Gasteiger partial charge in [0.25, 0.3) is 15.6 Å². The smallest absolute Gasteiger partial charge is 0.756 e. The number of nitrogens with two attached hydrogens (primary N) is 1. The standard InChI is InChI=1S/C42H71N8O25P3S.C15H31N3O6.2Na/c1-42(2,25-72-78(63,64)75-77(61,62)71-24-29-35(74-76(58,59)60)34(54)41(73-29)50-27-48-33-37(43)46-26-47-38(33)50)36(55)39(56)45-8-6-31(52)44-9-22-79-30-23-32(53)49(40(30)57)10-4-5-28(51)7-11-66-14-15-68-18-19-70-21-20-69-17-16-67-13-12-65-3;1-2-4-19-6-8-21-10-12-23-14-15-24-13-11-22-9-7-20-5-3-17-18-16;;/h26-27,29-30,34-36,41,54-55H,4-25H2,1-3H3,(H,44,52)(H,45,56)(H,61,62)(H,63,64)(H2,43,46,47)(H2,58,59,60);2-15H2,1H3;;/q;;2*+1/p-2/t29-,30?,34+,35?,36+,41-;;;/m1.../s1. The third-order valence-electron chi connectivity index (χ3n) is 13.9. The molecule has 2 aliphatic rings. The van der Waals surface area contributed by atoms with Gasteiger partial charge in [0, 0.05) is 81.7 Å². The zero-order chi connectivity index (χ0) is 75.8. The second-order valence-corrected chi connectivity index (χ2v) is 28.0. The van der Waals surface area contributed by atoms with Crippen molar-refractivity contribution in [3.8, 4) is 0 Å². The minimum Gasteiger partial charge on any atom is -0.756 e. The van der Waals surface area contributed by atoms with Gasteiger partial charge in [-0.25, -0.2) is 23.8 Å². The summed E-state index contributed by atoms with van der Waals surface area (Å²) in [4.78, 5) is 123. The number of azide groups is 1. The fourth-order valence-corrected chi connectivity index (χ4v) is 12.5. The Kier molecular flexibility index (Phi) is 55.9. The Labute approximate surface area is 657 Å². The fourth-order valence-electron chi connectivity index (χ4n) is 8.70. The number of hydrogen-bond donors (Lipinski definition) is 7. The molecule has 0 saturated carbocycles. The van der Waals surface area contributed by atoms with E-state index in [1.165, 1.54) is 25.6 Å². The number of carbonyl (C=O) groups is 5. The number of imidazole rings is 1. The van der Waals surface area contributed by atoms with Crippen LogP contribution in [0.3, 0.4) is 0 Å². The van der Waals surface area contributed by atoms with Crippen LogP contribution in [0.1, 0.15) is 65.5 Å². The topological polar surface area (TPSA) is 566 Å². The summed E-state index contributed by atoms with van der Waals surface area (Å²) in [6.07, 6.45) is -5.83. The number of aliphatic hydroxyl groups excluding tert-OH is 2. The van der Waals surface area contributed by atoms with Gasteiger partial charge in [0.15, 0.2) is 17.7 Å². The van der Waals surface area contributed by atoms with E-state index in [2.05, 4.69) is 60.4 Å². The van der Waals surface area contributed by atoms with E-state index in [1.807, 2.05) is 0 Å². The summed E-state index contributed by atoms with van der Waals surface area (Å²) in [5, 5.41) is 29.2. The number of likely N-dealkylation sites (tertiary alicyclic amines) is 1. The molecule has 2 fully saturated rings. The van der Waals surface area contributed by atoms with Gasteiger partial charge < -0.3 is 117 Å². The molecule has 105 heavy (non-hydrogen) atoms. The van der Waals surface area contributed by atoms with Gasteiger partial charge in [-0.05, 0) is 18.4 Å². The second kappa shape index (κ2) is 58.4. The maximum atomic E-state index is 12.9. The van der Waals surface area contributed by atoms with E-state index in [4.69, 9.17) is 72.8 Å². The van der Waals surface area contributed by atoms with E-state index in [0.29, 0.717) is 152 Å². The summed E-state index contributed by atoms with van der Waals surface area (Å²) in [7, 11) is -15.6. The Morgan fingerprint density at radius 3 is 1.79 bits per heavy atom. The van der Waals surface area contributed by atoms with Crippen LogP contribution in [0.4, 0.5) is 5.82 Å². The van der Waals surface area contributed by atoms with E-state index in [9.17, 15) is 67.5 Å². The number of hydrogen-bond acceptors (Lipinski definition) is 35. The molecule has 2 aromatic rings. The van der Waals surface area contributed by atoms with Gasteiger partial charge in [0.1, 0.15) is 42.0 Å². The predicted molar refractivity (Wildman–Crippen MR) is 357 cm³/mol. The van der Waals surface area contributed by atoms with Crippen LogP contribution in [0.15, 0.2) is 17.8 Å². The number of aliphatic hydroxyl groups is 2. The Morgan fingerprint density at radius 2 is 1.27 bits per heavy atom. The molecule has 48 heteroatoms. The molecule has 2 aromatic heterocycles. The molecule has 8 atom stereocenters. The van der Waals surface area contributed by atoms with E-state index >= 15 is 0 Å². The molecular weight excluding hydrogens is 1510 g/mol. The summed E-state index contributed by atoms with van der Waals surface area (Å²) >= 11 is 1.17. The third-order valence-corrected chi connectivity index (χ3v) is 18.1. The number of rotatable bonds is 62. The van der Waals surface area contributed by atoms with Gasteiger partial charge >= 0.3 is 66.9 Å². The molecule has 0 radical (unpaired) electrons. The van der Waals surface area contributed by atoms with Crippen molar-refractivity contribution >= 4 is 81.6 Å². The van der Waals surface area contributed by atoms with Crippen LogP contribution in [0.2, 0.25) is 0 Å². The molecule has 0 aliphatic carbocycles.